The fourth-order valence-corrected chi connectivity index (χ4v) is 3.43. The molecule has 0 spiro atoms. The van der Waals surface area contributed by atoms with Crippen LogP contribution in [0.1, 0.15) is 38.5 Å². The minimum atomic E-state index is -0.618. The van der Waals surface area contributed by atoms with Crippen LogP contribution in [-0.2, 0) is 9.53 Å². The van der Waals surface area contributed by atoms with E-state index in [4.69, 9.17) is 4.74 Å². The standard InChI is InChI=1S/C15H27N3O3/c1-17(2)14(20)18-10-8-15(9-11-18,13(19)21-3)16-12-6-4-5-7-12/h12,16H,4-11H2,1-3H3. The molecule has 2 amide bonds. The number of urea groups is 1. The van der Waals surface area contributed by atoms with Crippen LogP contribution >= 0.6 is 0 Å². The van der Waals surface area contributed by atoms with Gasteiger partial charge in [-0.25, -0.2) is 4.79 Å². The van der Waals surface area contributed by atoms with Crippen LogP contribution in [0.3, 0.4) is 0 Å². The van der Waals surface area contributed by atoms with E-state index in [1.807, 2.05) is 0 Å². The Balaban J connectivity index is 2.02. The third-order valence-corrected chi connectivity index (χ3v) is 4.68. The molecule has 120 valence electrons. The van der Waals surface area contributed by atoms with Gasteiger partial charge in [0.15, 0.2) is 0 Å². The monoisotopic (exact) mass is 297 g/mol. The summed E-state index contributed by atoms with van der Waals surface area (Å²) in [6.45, 7) is 1.18. The van der Waals surface area contributed by atoms with E-state index in [2.05, 4.69) is 5.32 Å². The van der Waals surface area contributed by atoms with Crippen molar-refractivity contribution in [2.75, 3.05) is 34.3 Å². The highest BCUT2D eigenvalue weighted by Crippen LogP contribution is 2.28. The Labute approximate surface area is 126 Å². The molecule has 0 aromatic heterocycles. The third-order valence-electron chi connectivity index (χ3n) is 4.68. The molecule has 0 aromatic carbocycles. The van der Waals surface area contributed by atoms with Gasteiger partial charge in [-0.2, -0.15) is 0 Å². The first-order valence-electron chi connectivity index (χ1n) is 7.81. The Hall–Kier alpha value is -1.30. The third kappa shape index (κ3) is 3.48. The molecule has 1 heterocycles. The van der Waals surface area contributed by atoms with Gasteiger partial charge in [0.1, 0.15) is 5.54 Å². The van der Waals surface area contributed by atoms with E-state index in [-0.39, 0.29) is 12.0 Å². The quantitative estimate of drug-likeness (QED) is 0.795. The molecule has 1 saturated carbocycles. The van der Waals surface area contributed by atoms with Crippen molar-refractivity contribution < 1.29 is 14.3 Å². The Bertz CT molecular complexity index is 384. The molecule has 2 rings (SSSR count). The Morgan fingerprint density at radius 1 is 1.19 bits per heavy atom. The van der Waals surface area contributed by atoms with Gasteiger partial charge in [0.05, 0.1) is 7.11 Å². The summed E-state index contributed by atoms with van der Waals surface area (Å²) in [6, 6.07) is 0.412. The number of hydrogen-bond acceptors (Lipinski definition) is 4. The number of methoxy groups -OCH3 is 1. The minimum absolute atomic E-state index is 0.00864. The summed E-state index contributed by atoms with van der Waals surface area (Å²) < 4.78 is 5.03. The van der Waals surface area contributed by atoms with Crippen molar-refractivity contribution in [2.45, 2.75) is 50.1 Å². The highest BCUT2D eigenvalue weighted by molar-refractivity contribution is 5.82. The molecule has 0 radical (unpaired) electrons. The van der Waals surface area contributed by atoms with E-state index in [1.165, 1.54) is 20.0 Å². The molecule has 0 atom stereocenters. The number of nitrogens with zero attached hydrogens (tertiary/aromatic N) is 2. The molecular formula is C15H27N3O3. The lowest BCUT2D eigenvalue weighted by Crippen LogP contribution is -2.62. The lowest BCUT2D eigenvalue weighted by Gasteiger charge is -2.42. The number of esters is 1. The maximum Gasteiger partial charge on any atom is 0.326 e. The summed E-state index contributed by atoms with van der Waals surface area (Å²) >= 11 is 0. The Kier molecular flexibility index (Phi) is 5.08. The van der Waals surface area contributed by atoms with Crippen LogP contribution in [0, 0.1) is 0 Å². The van der Waals surface area contributed by atoms with Gasteiger partial charge in [-0.1, -0.05) is 12.8 Å². The Morgan fingerprint density at radius 3 is 2.24 bits per heavy atom. The van der Waals surface area contributed by atoms with Crippen molar-refractivity contribution in [3.63, 3.8) is 0 Å². The minimum Gasteiger partial charge on any atom is -0.468 e. The van der Waals surface area contributed by atoms with Crippen LogP contribution in [0.15, 0.2) is 0 Å². The van der Waals surface area contributed by atoms with Crippen LogP contribution in [-0.4, -0.2) is 67.7 Å². The molecule has 2 fully saturated rings. The summed E-state index contributed by atoms with van der Waals surface area (Å²) in [7, 11) is 4.94. The molecule has 1 aliphatic heterocycles. The second kappa shape index (κ2) is 6.64. The zero-order chi connectivity index (χ0) is 15.5. The van der Waals surface area contributed by atoms with Crippen molar-refractivity contribution in [1.82, 2.24) is 15.1 Å². The normalized spacial score (nSPS) is 22.1. The maximum absolute atomic E-state index is 12.3. The highest BCUT2D eigenvalue weighted by atomic mass is 16.5. The molecule has 0 unspecified atom stereocenters. The number of amides is 2. The largest absolute Gasteiger partial charge is 0.468 e. The van der Waals surface area contributed by atoms with Crippen molar-refractivity contribution in [3.8, 4) is 0 Å². The van der Waals surface area contributed by atoms with Gasteiger partial charge >= 0.3 is 12.0 Å². The van der Waals surface area contributed by atoms with Gasteiger partial charge in [-0.05, 0) is 25.7 Å². The maximum atomic E-state index is 12.3. The van der Waals surface area contributed by atoms with Crippen LogP contribution in [0.5, 0.6) is 0 Å². The molecule has 1 N–H and O–H groups in total. The SMILES string of the molecule is COC(=O)C1(NC2CCCC2)CCN(C(=O)N(C)C)CC1. The number of likely N-dealkylation sites (tertiary alicyclic amines) is 1. The molecule has 6 heteroatoms. The fourth-order valence-electron chi connectivity index (χ4n) is 3.43. The van der Waals surface area contributed by atoms with Crippen molar-refractivity contribution in [3.05, 3.63) is 0 Å². The lowest BCUT2D eigenvalue weighted by molar-refractivity contribution is -0.151. The fraction of sp³-hybridized carbons (Fsp3) is 0.867. The predicted molar refractivity (Wildman–Crippen MR) is 80.0 cm³/mol. The van der Waals surface area contributed by atoms with E-state index in [1.54, 1.807) is 23.9 Å². The van der Waals surface area contributed by atoms with Crippen LogP contribution in [0.2, 0.25) is 0 Å². The van der Waals surface area contributed by atoms with E-state index < -0.39 is 5.54 Å². The Morgan fingerprint density at radius 2 is 1.76 bits per heavy atom. The van der Waals surface area contributed by atoms with E-state index in [9.17, 15) is 9.59 Å². The average molecular weight is 297 g/mol. The number of rotatable bonds is 3. The van der Waals surface area contributed by atoms with Gasteiger partial charge in [-0.15, -0.1) is 0 Å². The molecule has 6 nitrogen and oxygen atoms in total. The summed E-state index contributed by atoms with van der Waals surface area (Å²) in [5, 5.41) is 3.54. The molecular weight excluding hydrogens is 270 g/mol. The van der Waals surface area contributed by atoms with Gasteiger partial charge in [-0.3, -0.25) is 10.1 Å². The van der Waals surface area contributed by atoms with E-state index in [0.717, 1.165) is 12.8 Å². The smallest absolute Gasteiger partial charge is 0.326 e. The molecule has 1 aliphatic carbocycles. The lowest BCUT2D eigenvalue weighted by atomic mass is 9.86. The van der Waals surface area contributed by atoms with Crippen LogP contribution < -0.4 is 5.32 Å². The topological polar surface area (TPSA) is 61.9 Å². The highest BCUT2D eigenvalue weighted by Gasteiger charge is 2.44. The summed E-state index contributed by atoms with van der Waals surface area (Å²) in [4.78, 5) is 27.7. The molecule has 0 bridgehead atoms. The molecule has 2 aliphatic rings. The van der Waals surface area contributed by atoms with Gasteiger partial charge in [0.25, 0.3) is 0 Å². The molecule has 21 heavy (non-hydrogen) atoms. The van der Waals surface area contributed by atoms with Crippen molar-refractivity contribution in [1.29, 1.82) is 0 Å². The first kappa shape index (κ1) is 16.1. The molecule has 1 saturated heterocycles. The second-order valence-electron chi connectivity index (χ2n) is 6.36. The van der Waals surface area contributed by atoms with Crippen LogP contribution in [0.25, 0.3) is 0 Å². The summed E-state index contributed by atoms with van der Waals surface area (Å²) in [5.74, 6) is -0.189. The summed E-state index contributed by atoms with van der Waals surface area (Å²) in [5.41, 5.74) is -0.618. The first-order chi connectivity index (χ1) is 9.98. The number of carbonyl (C=O) groups is 2. The predicted octanol–water partition coefficient (Wildman–Crippen LogP) is 1.21. The number of ether oxygens (including phenoxy) is 1. The van der Waals surface area contributed by atoms with Gasteiger partial charge in [0.2, 0.25) is 0 Å². The second-order valence-corrected chi connectivity index (χ2v) is 6.36. The van der Waals surface area contributed by atoms with Gasteiger partial charge in [0, 0.05) is 33.2 Å². The van der Waals surface area contributed by atoms with Crippen molar-refractivity contribution in [2.24, 2.45) is 0 Å². The van der Waals surface area contributed by atoms with E-state index >= 15 is 0 Å². The zero-order valence-electron chi connectivity index (χ0n) is 13.4. The summed E-state index contributed by atoms with van der Waals surface area (Å²) in [6.07, 6.45) is 5.93. The molecule has 0 aromatic rings. The zero-order valence-corrected chi connectivity index (χ0v) is 13.4. The van der Waals surface area contributed by atoms with Gasteiger partial charge < -0.3 is 14.5 Å². The number of piperidine rings is 1. The van der Waals surface area contributed by atoms with Crippen molar-refractivity contribution >= 4 is 12.0 Å². The number of carbonyl (C=O) groups excluding carboxylic acids is 2. The first-order valence-corrected chi connectivity index (χ1v) is 7.81. The number of nitrogens with one attached hydrogen (secondary N) is 1. The average Bonchev–Trinajstić information content (AvgIpc) is 2.99. The number of hydrogen-bond donors (Lipinski definition) is 1. The van der Waals surface area contributed by atoms with E-state index in [0.29, 0.717) is 32.0 Å². The van der Waals surface area contributed by atoms with Crippen LogP contribution in [0.4, 0.5) is 4.79 Å².